The summed E-state index contributed by atoms with van der Waals surface area (Å²) in [4.78, 5) is 2.69. The van der Waals surface area contributed by atoms with Gasteiger partial charge in [-0.2, -0.15) is 0 Å². The highest BCUT2D eigenvalue weighted by Crippen LogP contribution is 2.23. The molecule has 0 radical (unpaired) electrons. The normalized spacial score (nSPS) is 31.5. The first kappa shape index (κ1) is 9.26. The standard InChI is InChI=1S/C12H21N/c1-11-6-5-7-12(10-11)13-8-3-2-4-9-13/h10,12H,2-9H2,1H3. The fraction of sp³-hybridized carbons (Fsp3) is 0.833. The van der Waals surface area contributed by atoms with Crippen molar-refractivity contribution in [1.82, 2.24) is 4.90 Å². The number of hydrogen-bond acceptors (Lipinski definition) is 1. The van der Waals surface area contributed by atoms with Gasteiger partial charge in [0.2, 0.25) is 0 Å². The van der Waals surface area contributed by atoms with Gasteiger partial charge in [0.25, 0.3) is 0 Å². The Morgan fingerprint density at radius 1 is 1.15 bits per heavy atom. The molecule has 1 aliphatic carbocycles. The molecule has 2 aliphatic rings. The van der Waals surface area contributed by atoms with Gasteiger partial charge in [-0.15, -0.1) is 0 Å². The van der Waals surface area contributed by atoms with E-state index in [1.807, 2.05) is 0 Å². The summed E-state index contributed by atoms with van der Waals surface area (Å²) in [7, 11) is 0. The zero-order chi connectivity index (χ0) is 9.10. The minimum absolute atomic E-state index is 0.786. The van der Waals surface area contributed by atoms with Crippen LogP contribution >= 0.6 is 0 Å². The highest BCUT2D eigenvalue weighted by atomic mass is 15.2. The van der Waals surface area contributed by atoms with Crippen LogP contribution in [0.25, 0.3) is 0 Å². The van der Waals surface area contributed by atoms with Crippen molar-refractivity contribution >= 4 is 0 Å². The second-order valence-electron chi connectivity index (χ2n) is 4.57. The van der Waals surface area contributed by atoms with Gasteiger partial charge in [0.15, 0.2) is 0 Å². The molecule has 0 amide bonds. The Hall–Kier alpha value is -0.300. The average Bonchev–Trinajstić information content (AvgIpc) is 2.19. The van der Waals surface area contributed by atoms with Crippen LogP contribution in [0.1, 0.15) is 45.4 Å². The highest BCUT2D eigenvalue weighted by molar-refractivity contribution is 5.08. The van der Waals surface area contributed by atoms with E-state index in [4.69, 9.17) is 0 Å². The summed E-state index contributed by atoms with van der Waals surface area (Å²) < 4.78 is 0. The van der Waals surface area contributed by atoms with E-state index < -0.39 is 0 Å². The molecule has 1 atom stereocenters. The summed E-state index contributed by atoms with van der Waals surface area (Å²) in [6.45, 7) is 4.97. The van der Waals surface area contributed by atoms with Crippen LogP contribution in [-0.2, 0) is 0 Å². The van der Waals surface area contributed by atoms with Gasteiger partial charge >= 0.3 is 0 Å². The van der Waals surface area contributed by atoms with Crippen molar-refractivity contribution in [3.05, 3.63) is 11.6 Å². The van der Waals surface area contributed by atoms with Crippen molar-refractivity contribution in [3.63, 3.8) is 0 Å². The van der Waals surface area contributed by atoms with E-state index in [1.54, 1.807) is 5.57 Å². The number of likely N-dealkylation sites (tertiary alicyclic amines) is 1. The Bertz CT molecular complexity index is 189. The van der Waals surface area contributed by atoms with Crippen LogP contribution < -0.4 is 0 Å². The van der Waals surface area contributed by atoms with Crippen LogP contribution in [0, 0.1) is 0 Å². The van der Waals surface area contributed by atoms with Gasteiger partial charge in [0.05, 0.1) is 0 Å². The highest BCUT2D eigenvalue weighted by Gasteiger charge is 2.20. The molecular weight excluding hydrogens is 158 g/mol. The molecule has 1 heteroatoms. The van der Waals surface area contributed by atoms with Gasteiger partial charge in [-0.1, -0.05) is 18.1 Å². The molecule has 1 heterocycles. The van der Waals surface area contributed by atoms with Gasteiger partial charge in [0, 0.05) is 6.04 Å². The molecule has 0 bridgehead atoms. The van der Waals surface area contributed by atoms with Crippen molar-refractivity contribution in [2.45, 2.75) is 51.5 Å². The Kier molecular flexibility index (Phi) is 3.05. The van der Waals surface area contributed by atoms with Crippen LogP contribution in [-0.4, -0.2) is 24.0 Å². The molecule has 0 aromatic carbocycles. The second-order valence-corrected chi connectivity index (χ2v) is 4.57. The first-order chi connectivity index (χ1) is 6.36. The molecule has 13 heavy (non-hydrogen) atoms. The van der Waals surface area contributed by atoms with Gasteiger partial charge in [-0.3, -0.25) is 4.90 Å². The number of piperidine rings is 1. The predicted molar refractivity (Wildman–Crippen MR) is 56.8 cm³/mol. The molecule has 1 nitrogen and oxygen atoms in total. The fourth-order valence-corrected chi connectivity index (χ4v) is 2.62. The molecule has 1 aliphatic heterocycles. The molecular formula is C12H21N. The molecule has 0 saturated carbocycles. The topological polar surface area (TPSA) is 3.24 Å². The minimum Gasteiger partial charge on any atom is -0.297 e. The van der Waals surface area contributed by atoms with Gasteiger partial charge < -0.3 is 0 Å². The monoisotopic (exact) mass is 179 g/mol. The molecule has 0 spiro atoms. The number of rotatable bonds is 1. The lowest BCUT2D eigenvalue weighted by molar-refractivity contribution is 0.178. The maximum Gasteiger partial charge on any atom is 0.0280 e. The molecule has 1 unspecified atom stereocenters. The Morgan fingerprint density at radius 3 is 2.62 bits per heavy atom. The van der Waals surface area contributed by atoms with Crippen molar-refractivity contribution in [1.29, 1.82) is 0 Å². The van der Waals surface area contributed by atoms with E-state index in [9.17, 15) is 0 Å². The van der Waals surface area contributed by atoms with Gasteiger partial charge in [-0.05, 0) is 52.1 Å². The molecule has 74 valence electrons. The van der Waals surface area contributed by atoms with Crippen molar-refractivity contribution in [2.24, 2.45) is 0 Å². The largest absolute Gasteiger partial charge is 0.297 e. The Labute approximate surface area is 81.8 Å². The minimum atomic E-state index is 0.786. The number of allylic oxidation sites excluding steroid dienone is 1. The van der Waals surface area contributed by atoms with Gasteiger partial charge in [-0.25, -0.2) is 0 Å². The quantitative estimate of drug-likeness (QED) is 0.559. The van der Waals surface area contributed by atoms with Crippen LogP contribution in [0.4, 0.5) is 0 Å². The molecule has 0 N–H and O–H groups in total. The smallest absolute Gasteiger partial charge is 0.0280 e. The first-order valence-corrected chi connectivity index (χ1v) is 5.77. The van der Waals surface area contributed by atoms with Crippen LogP contribution in [0.2, 0.25) is 0 Å². The first-order valence-electron chi connectivity index (χ1n) is 5.77. The maximum absolute atomic E-state index is 2.69. The van der Waals surface area contributed by atoms with E-state index in [-0.39, 0.29) is 0 Å². The molecule has 1 saturated heterocycles. The number of nitrogens with zero attached hydrogens (tertiary/aromatic N) is 1. The summed E-state index contributed by atoms with van der Waals surface area (Å²) in [5, 5.41) is 0. The fourth-order valence-electron chi connectivity index (χ4n) is 2.62. The van der Waals surface area contributed by atoms with Crippen molar-refractivity contribution < 1.29 is 0 Å². The lowest BCUT2D eigenvalue weighted by Gasteiger charge is -2.35. The third kappa shape index (κ3) is 2.34. The van der Waals surface area contributed by atoms with E-state index in [0.717, 1.165) is 6.04 Å². The molecule has 1 fully saturated rings. The summed E-state index contributed by atoms with van der Waals surface area (Å²) in [6.07, 6.45) is 10.9. The van der Waals surface area contributed by atoms with Crippen LogP contribution in [0.5, 0.6) is 0 Å². The lowest BCUT2D eigenvalue weighted by Crippen LogP contribution is -2.39. The van der Waals surface area contributed by atoms with E-state index in [0.29, 0.717) is 0 Å². The van der Waals surface area contributed by atoms with Crippen LogP contribution in [0.3, 0.4) is 0 Å². The predicted octanol–water partition coefficient (Wildman–Crippen LogP) is 2.97. The molecule has 0 aromatic rings. The number of hydrogen-bond donors (Lipinski definition) is 0. The van der Waals surface area contributed by atoms with E-state index >= 15 is 0 Å². The van der Waals surface area contributed by atoms with E-state index in [1.165, 1.54) is 51.6 Å². The summed E-state index contributed by atoms with van der Waals surface area (Å²) >= 11 is 0. The Morgan fingerprint density at radius 2 is 1.92 bits per heavy atom. The zero-order valence-corrected chi connectivity index (χ0v) is 8.76. The van der Waals surface area contributed by atoms with Crippen molar-refractivity contribution in [2.75, 3.05) is 13.1 Å². The second kappa shape index (κ2) is 4.28. The summed E-state index contributed by atoms with van der Waals surface area (Å²) in [5.74, 6) is 0. The summed E-state index contributed by atoms with van der Waals surface area (Å²) in [6, 6.07) is 0.786. The molecule has 0 aromatic heterocycles. The van der Waals surface area contributed by atoms with Crippen molar-refractivity contribution in [3.8, 4) is 0 Å². The third-order valence-corrected chi connectivity index (χ3v) is 3.41. The van der Waals surface area contributed by atoms with Crippen LogP contribution in [0.15, 0.2) is 11.6 Å². The molecule has 2 rings (SSSR count). The zero-order valence-electron chi connectivity index (χ0n) is 8.76. The third-order valence-electron chi connectivity index (χ3n) is 3.41. The van der Waals surface area contributed by atoms with E-state index in [2.05, 4.69) is 17.9 Å². The Balaban J connectivity index is 1.94. The maximum atomic E-state index is 2.69. The summed E-state index contributed by atoms with van der Waals surface area (Å²) in [5.41, 5.74) is 1.61. The van der Waals surface area contributed by atoms with Gasteiger partial charge in [0.1, 0.15) is 0 Å². The lowest BCUT2D eigenvalue weighted by atomic mass is 9.94. The average molecular weight is 179 g/mol. The SMILES string of the molecule is CC1=CC(N2CCCCC2)CCC1.